The minimum atomic E-state index is 0.945. The minimum Gasteiger partial charge on any atom is -0.0622 e. The van der Waals surface area contributed by atoms with Gasteiger partial charge in [0.25, 0.3) is 0 Å². The van der Waals surface area contributed by atoms with E-state index in [4.69, 9.17) is 0 Å². The van der Waals surface area contributed by atoms with E-state index < -0.39 is 0 Å². The van der Waals surface area contributed by atoms with Crippen LogP contribution in [0.4, 0.5) is 0 Å². The number of benzene rings is 1. The highest BCUT2D eigenvalue weighted by Crippen LogP contribution is 2.33. The van der Waals surface area contributed by atoms with Crippen molar-refractivity contribution in [3.63, 3.8) is 0 Å². The monoisotopic (exact) mass is 174 g/mol. The maximum absolute atomic E-state index is 2.40. The highest BCUT2D eigenvalue weighted by molar-refractivity contribution is 5.15. The Balaban J connectivity index is 1.98. The van der Waals surface area contributed by atoms with E-state index in [1.165, 1.54) is 31.2 Å². The van der Waals surface area contributed by atoms with E-state index in [-0.39, 0.29) is 0 Å². The number of hydrogen-bond donors (Lipinski definition) is 0. The quantitative estimate of drug-likeness (QED) is 0.641. The van der Waals surface area contributed by atoms with Crippen LogP contribution < -0.4 is 0 Å². The average Bonchev–Trinajstić information content (AvgIpc) is 2.54. The zero-order valence-corrected chi connectivity index (χ0v) is 8.37. The summed E-state index contributed by atoms with van der Waals surface area (Å²) in [6.07, 6.45) is 5.62. The normalized spacial score (nSPS) is 27.8. The van der Waals surface area contributed by atoms with Crippen LogP contribution in [0.3, 0.4) is 0 Å². The summed E-state index contributed by atoms with van der Waals surface area (Å²) >= 11 is 0. The van der Waals surface area contributed by atoms with Crippen molar-refractivity contribution >= 4 is 0 Å². The second kappa shape index (κ2) is 3.95. The van der Waals surface area contributed by atoms with E-state index in [9.17, 15) is 0 Å². The van der Waals surface area contributed by atoms with Crippen LogP contribution in [0.25, 0.3) is 0 Å². The zero-order valence-electron chi connectivity index (χ0n) is 8.37. The molecule has 2 atom stereocenters. The molecule has 0 nitrogen and oxygen atoms in total. The minimum absolute atomic E-state index is 0.945. The highest BCUT2D eigenvalue weighted by Gasteiger charge is 2.22. The summed E-state index contributed by atoms with van der Waals surface area (Å²) in [4.78, 5) is 0. The molecule has 1 aliphatic carbocycles. The van der Waals surface area contributed by atoms with Crippen LogP contribution in [-0.2, 0) is 6.42 Å². The maximum Gasteiger partial charge on any atom is -0.0248 e. The van der Waals surface area contributed by atoms with E-state index >= 15 is 0 Å². The third kappa shape index (κ3) is 2.12. The molecule has 0 spiro atoms. The van der Waals surface area contributed by atoms with Gasteiger partial charge in [0.15, 0.2) is 0 Å². The van der Waals surface area contributed by atoms with Crippen LogP contribution in [0.5, 0.6) is 0 Å². The van der Waals surface area contributed by atoms with Gasteiger partial charge in [-0.3, -0.25) is 0 Å². The lowest BCUT2D eigenvalue weighted by Crippen LogP contribution is -2.07. The fourth-order valence-electron chi connectivity index (χ4n) is 2.44. The topological polar surface area (TPSA) is 0 Å². The van der Waals surface area contributed by atoms with Crippen LogP contribution in [0.1, 0.15) is 31.7 Å². The largest absolute Gasteiger partial charge is 0.0622 e. The van der Waals surface area contributed by atoms with E-state index in [2.05, 4.69) is 37.3 Å². The summed E-state index contributed by atoms with van der Waals surface area (Å²) in [5, 5.41) is 0. The van der Waals surface area contributed by atoms with Crippen LogP contribution in [0.15, 0.2) is 30.3 Å². The molecule has 1 aliphatic rings. The van der Waals surface area contributed by atoms with Crippen molar-refractivity contribution < 1.29 is 0 Å². The van der Waals surface area contributed by atoms with Gasteiger partial charge in [-0.15, -0.1) is 0 Å². The second-order valence-electron chi connectivity index (χ2n) is 4.36. The molecule has 0 saturated heterocycles. The van der Waals surface area contributed by atoms with E-state index in [1.807, 2.05) is 0 Å². The van der Waals surface area contributed by atoms with Gasteiger partial charge in [-0.1, -0.05) is 50.1 Å². The van der Waals surface area contributed by atoms with Gasteiger partial charge in [-0.25, -0.2) is 0 Å². The molecular formula is C13H18. The Morgan fingerprint density at radius 1 is 1.15 bits per heavy atom. The number of hydrogen-bond acceptors (Lipinski definition) is 0. The van der Waals surface area contributed by atoms with Gasteiger partial charge in [-0.05, 0) is 30.2 Å². The van der Waals surface area contributed by atoms with Crippen LogP contribution >= 0.6 is 0 Å². The van der Waals surface area contributed by atoms with Crippen LogP contribution in [0, 0.1) is 11.8 Å². The Labute approximate surface area is 81.0 Å². The molecule has 0 N–H and O–H groups in total. The molecule has 0 amide bonds. The Morgan fingerprint density at radius 2 is 1.92 bits per heavy atom. The molecule has 0 unspecified atom stereocenters. The Morgan fingerprint density at radius 3 is 2.54 bits per heavy atom. The first-order valence-electron chi connectivity index (χ1n) is 5.40. The maximum atomic E-state index is 2.40. The Kier molecular flexibility index (Phi) is 2.68. The molecule has 1 fully saturated rings. The van der Waals surface area contributed by atoms with Crippen molar-refractivity contribution in [2.75, 3.05) is 0 Å². The lowest BCUT2D eigenvalue weighted by atomic mass is 9.91. The molecule has 0 bridgehead atoms. The van der Waals surface area contributed by atoms with Crippen molar-refractivity contribution in [2.45, 2.75) is 32.6 Å². The lowest BCUT2D eigenvalue weighted by molar-refractivity contribution is 0.417. The zero-order chi connectivity index (χ0) is 9.10. The highest BCUT2D eigenvalue weighted by atomic mass is 14.3. The van der Waals surface area contributed by atoms with E-state index in [0.717, 1.165) is 11.8 Å². The molecule has 13 heavy (non-hydrogen) atoms. The average molecular weight is 174 g/mol. The van der Waals surface area contributed by atoms with Gasteiger partial charge in [0, 0.05) is 0 Å². The predicted molar refractivity (Wildman–Crippen MR) is 56.7 cm³/mol. The molecule has 70 valence electrons. The molecule has 0 aliphatic heterocycles. The standard InChI is InChI=1S/C13H18/c1-11-6-5-9-13(11)10-12-7-3-2-4-8-12/h2-4,7-8,11,13H,5-6,9-10H2,1H3/t11-,13-/m0/s1. The molecule has 2 rings (SSSR count). The molecule has 0 radical (unpaired) electrons. The van der Waals surface area contributed by atoms with E-state index in [0.29, 0.717) is 0 Å². The van der Waals surface area contributed by atoms with Gasteiger partial charge in [-0.2, -0.15) is 0 Å². The fourth-order valence-corrected chi connectivity index (χ4v) is 2.44. The molecule has 0 heterocycles. The van der Waals surface area contributed by atoms with Crippen LogP contribution in [-0.4, -0.2) is 0 Å². The fraction of sp³-hybridized carbons (Fsp3) is 0.538. The van der Waals surface area contributed by atoms with Gasteiger partial charge in [0.2, 0.25) is 0 Å². The molecule has 0 heteroatoms. The summed E-state index contributed by atoms with van der Waals surface area (Å²) in [6, 6.07) is 10.9. The van der Waals surface area contributed by atoms with Crippen molar-refractivity contribution in [2.24, 2.45) is 11.8 Å². The summed E-state index contributed by atoms with van der Waals surface area (Å²) < 4.78 is 0. The first-order chi connectivity index (χ1) is 6.36. The first kappa shape index (κ1) is 8.80. The summed E-state index contributed by atoms with van der Waals surface area (Å²) in [5.74, 6) is 1.89. The molecule has 1 aromatic carbocycles. The molecule has 1 saturated carbocycles. The third-order valence-corrected chi connectivity index (χ3v) is 3.38. The van der Waals surface area contributed by atoms with Crippen molar-refractivity contribution in [1.29, 1.82) is 0 Å². The van der Waals surface area contributed by atoms with Gasteiger partial charge in [0.05, 0.1) is 0 Å². The third-order valence-electron chi connectivity index (χ3n) is 3.38. The van der Waals surface area contributed by atoms with Crippen LogP contribution in [0.2, 0.25) is 0 Å². The summed E-state index contributed by atoms with van der Waals surface area (Å²) in [7, 11) is 0. The molecule has 1 aromatic rings. The molecule has 0 aromatic heterocycles. The summed E-state index contributed by atoms with van der Waals surface area (Å²) in [5.41, 5.74) is 1.52. The van der Waals surface area contributed by atoms with Gasteiger partial charge in [0.1, 0.15) is 0 Å². The van der Waals surface area contributed by atoms with Crippen molar-refractivity contribution in [1.82, 2.24) is 0 Å². The van der Waals surface area contributed by atoms with Crippen molar-refractivity contribution in [3.8, 4) is 0 Å². The predicted octanol–water partition coefficient (Wildman–Crippen LogP) is 3.67. The summed E-state index contributed by atoms with van der Waals surface area (Å²) in [6.45, 7) is 2.40. The Bertz CT molecular complexity index is 250. The first-order valence-corrected chi connectivity index (χ1v) is 5.40. The van der Waals surface area contributed by atoms with Crippen molar-refractivity contribution in [3.05, 3.63) is 35.9 Å². The second-order valence-corrected chi connectivity index (χ2v) is 4.36. The number of rotatable bonds is 2. The van der Waals surface area contributed by atoms with E-state index in [1.54, 1.807) is 0 Å². The molecular weight excluding hydrogens is 156 g/mol. The smallest absolute Gasteiger partial charge is 0.0248 e. The lowest BCUT2D eigenvalue weighted by Gasteiger charge is -2.14. The van der Waals surface area contributed by atoms with Gasteiger partial charge < -0.3 is 0 Å². The van der Waals surface area contributed by atoms with Gasteiger partial charge >= 0.3 is 0 Å². The SMILES string of the molecule is C[C@H]1CCC[C@H]1Cc1ccccc1. The Hall–Kier alpha value is -0.780.